The van der Waals surface area contributed by atoms with Crippen molar-refractivity contribution in [3.8, 4) is 5.75 Å². The van der Waals surface area contributed by atoms with E-state index in [0.717, 1.165) is 44.6 Å². The van der Waals surface area contributed by atoms with Crippen molar-refractivity contribution in [3.05, 3.63) is 53.9 Å². The van der Waals surface area contributed by atoms with Crippen LogP contribution < -0.4 is 0 Å². The van der Waals surface area contributed by atoms with E-state index in [4.69, 9.17) is 0 Å². The molecule has 6 nitrogen and oxygen atoms in total. The molecule has 3 heterocycles. The van der Waals surface area contributed by atoms with Gasteiger partial charge in [-0.2, -0.15) is 4.31 Å². The molecule has 2 saturated heterocycles. The fourth-order valence-electron chi connectivity index (χ4n) is 9.81. The number of nitrogens with zero attached hydrogens (tertiary/aromatic N) is 3. The van der Waals surface area contributed by atoms with Crippen LogP contribution in [0, 0.1) is 23.2 Å². The van der Waals surface area contributed by atoms with Gasteiger partial charge < -0.3 is 5.11 Å². The first-order valence-electron chi connectivity index (χ1n) is 13.4. The number of phenols is 1. The van der Waals surface area contributed by atoms with Gasteiger partial charge in [-0.15, -0.1) is 0 Å². The maximum Gasteiger partial charge on any atom is 0.244 e. The Hall–Kier alpha value is -1.96. The number of rotatable bonds is 4. The number of benzene rings is 1. The van der Waals surface area contributed by atoms with Gasteiger partial charge in [0, 0.05) is 43.0 Å². The lowest BCUT2D eigenvalue weighted by Gasteiger charge is -2.66. The number of aromatic nitrogens is 1. The quantitative estimate of drug-likeness (QED) is 0.708. The van der Waals surface area contributed by atoms with Crippen LogP contribution in [0.2, 0.25) is 0 Å². The van der Waals surface area contributed by atoms with E-state index in [0.29, 0.717) is 35.1 Å². The molecule has 1 aromatic carbocycles. The van der Waals surface area contributed by atoms with Gasteiger partial charge >= 0.3 is 0 Å². The van der Waals surface area contributed by atoms with Crippen LogP contribution in [0.15, 0.2) is 47.6 Å². The monoisotopic (exact) mass is 491 g/mol. The Morgan fingerprint density at radius 1 is 1.14 bits per heavy atom. The Morgan fingerprint density at radius 2 is 2.03 bits per heavy atom. The van der Waals surface area contributed by atoms with Gasteiger partial charge in [0.1, 0.15) is 10.6 Å². The third-order valence-corrected chi connectivity index (χ3v) is 12.8. The number of hydrogen-bond acceptors (Lipinski definition) is 5. The van der Waals surface area contributed by atoms with Gasteiger partial charge in [0.2, 0.25) is 10.0 Å². The summed E-state index contributed by atoms with van der Waals surface area (Å²) >= 11 is 0. The maximum atomic E-state index is 13.8. The normalized spacial score (nSPS) is 39.9. The molecule has 35 heavy (non-hydrogen) atoms. The summed E-state index contributed by atoms with van der Waals surface area (Å²) in [6, 6.07) is 10.0. The zero-order valence-electron chi connectivity index (χ0n) is 20.0. The van der Waals surface area contributed by atoms with E-state index in [1.807, 2.05) is 10.4 Å². The summed E-state index contributed by atoms with van der Waals surface area (Å²) in [5.41, 5.74) is 2.91. The van der Waals surface area contributed by atoms with Crippen molar-refractivity contribution in [1.82, 2.24) is 14.2 Å². The number of fused-ring (bicyclic) bond motifs is 1. The van der Waals surface area contributed by atoms with Gasteiger partial charge in [-0.05, 0) is 110 Å². The summed E-state index contributed by atoms with van der Waals surface area (Å²) in [6.45, 7) is 2.96. The molecule has 2 aromatic rings. The lowest BCUT2D eigenvalue weighted by Crippen LogP contribution is -2.69. The minimum absolute atomic E-state index is 0.0309. The van der Waals surface area contributed by atoms with Crippen LogP contribution in [0.4, 0.5) is 0 Å². The van der Waals surface area contributed by atoms with E-state index in [9.17, 15) is 13.5 Å². The molecule has 1 aromatic heterocycles. The summed E-state index contributed by atoms with van der Waals surface area (Å²) in [5.74, 6) is 1.93. The molecule has 0 radical (unpaired) electrons. The molecule has 1 N–H and O–H groups in total. The Bertz CT molecular complexity index is 1310. The lowest BCUT2D eigenvalue weighted by atomic mass is 9.43. The predicted molar refractivity (Wildman–Crippen MR) is 131 cm³/mol. The Kier molecular flexibility index (Phi) is 4.15. The number of phenolic OH excluding ortho intramolecular Hbond substituents is 1. The van der Waals surface area contributed by atoms with Crippen LogP contribution in [0.5, 0.6) is 5.75 Å². The second-order valence-electron chi connectivity index (χ2n) is 12.2. The van der Waals surface area contributed by atoms with Crippen molar-refractivity contribution in [2.24, 2.45) is 23.2 Å². The van der Waals surface area contributed by atoms with Gasteiger partial charge in [-0.3, -0.25) is 9.88 Å². The molecule has 4 bridgehead atoms. The van der Waals surface area contributed by atoms with Crippen molar-refractivity contribution in [2.45, 2.75) is 67.3 Å². The van der Waals surface area contributed by atoms with Crippen LogP contribution in [0.1, 0.15) is 49.7 Å². The second-order valence-corrected chi connectivity index (χ2v) is 14.1. The molecular weight excluding hydrogens is 458 g/mol. The molecule has 3 saturated carbocycles. The highest BCUT2D eigenvalue weighted by Gasteiger charge is 2.76. The lowest BCUT2D eigenvalue weighted by molar-refractivity contribution is -0.0993. The highest BCUT2D eigenvalue weighted by atomic mass is 32.2. The summed E-state index contributed by atoms with van der Waals surface area (Å²) in [4.78, 5) is 7.25. The van der Waals surface area contributed by atoms with E-state index in [-0.39, 0.29) is 16.9 Å². The van der Waals surface area contributed by atoms with Gasteiger partial charge in [-0.25, -0.2) is 8.42 Å². The first kappa shape index (κ1) is 21.2. The van der Waals surface area contributed by atoms with E-state index in [1.54, 1.807) is 18.3 Å². The molecule has 2 aliphatic heterocycles. The SMILES string of the molecule is O=S(=O)(c1cccnc1)N1C[C@H]2CC34CCC1C2C31CCN(CC2CC2)C4Cc2ccc(O)cc21. The van der Waals surface area contributed by atoms with E-state index < -0.39 is 10.0 Å². The molecule has 0 spiro atoms. The molecule has 5 unspecified atom stereocenters. The van der Waals surface area contributed by atoms with Crippen molar-refractivity contribution in [1.29, 1.82) is 0 Å². The van der Waals surface area contributed by atoms with Crippen LogP contribution in [-0.2, 0) is 21.9 Å². The highest BCUT2D eigenvalue weighted by Crippen LogP contribution is 2.75. The van der Waals surface area contributed by atoms with Gasteiger partial charge in [0.05, 0.1) is 0 Å². The third-order valence-electron chi connectivity index (χ3n) is 11.0. The topological polar surface area (TPSA) is 73.7 Å². The fraction of sp³-hybridized carbons (Fsp3) is 0.607. The van der Waals surface area contributed by atoms with Gasteiger partial charge in [-0.1, -0.05) is 6.07 Å². The van der Waals surface area contributed by atoms with Crippen molar-refractivity contribution in [2.75, 3.05) is 19.6 Å². The number of likely N-dealkylation sites (tertiary alicyclic amines) is 1. The van der Waals surface area contributed by atoms with Crippen molar-refractivity contribution >= 4 is 10.0 Å². The van der Waals surface area contributed by atoms with Crippen molar-refractivity contribution in [3.63, 3.8) is 0 Å². The minimum Gasteiger partial charge on any atom is -0.508 e. The molecule has 184 valence electrons. The molecule has 8 rings (SSSR count). The summed E-state index contributed by atoms with van der Waals surface area (Å²) in [6.07, 6.45) is 11.2. The average molecular weight is 492 g/mol. The van der Waals surface area contributed by atoms with Crippen LogP contribution in [0.3, 0.4) is 0 Å². The summed E-state index contributed by atoms with van der Waals surface area (Å²) in [5, 5.41) is 10.6. The molecule has 0 amide bonds. The number of hydrogen-bond donors (Lipinski definition) is 1. The van der Waals surface area contributed by atoms with Crippen molar-refractivity contribution < 1.29 is 13.5 Å². The highest BCUT2D eigenvalue weighted by molar-refractivity contribution is 7.89. The molecule has 6 atom stereocenters. The first-order valence-corrected chi connectivity index (χ1v) is 14.9. The summed E-state index contributed by atoms with van der Waals surface area (Å²) in [7, 11) is -3.58. The minimum atomic E-state index is -3.58. The van der Waals surface area contributed by atoms with Crippen LogP contribution in [-0.4, -0.2) is 59.4 Å². The molecule has 7 heteroatoms. The van der Waals surface area contributed by atoms with Crippen LogP contribution >= 0.6 is 0 Å². The number of aromatic hydroxyl groups is 1. The molecule has 4 aliphatic carbocycles. The second kappa shape index (κ2) is 6.87. The summed E-state index contributed by atoms with van der Waals surface area (Å²) < 4.78 is 29.4. The first-order chi connectivity index (χ1) is 16.9. The maximum absolute atomic E-state index is 13.8. The predicted octanol–water partition coefficient (Wildman–Crippen LogP) is 3.55. The molecule has 6 aliphatic rings. The zero-order valence-corrected chi connectivity index (χ0v) is 20.8. The molecular formula is C28H33N3O3S. The van der Waals surface area contributed by atoms with Crippen LogP contribution in [0.25, 0.3) is 0 Å². The Morgan fingerprint density at radius 3 is 2.83 bits per heavy atom. The standard InChI is InChI=1S/C28H33N3O3S/c32-21-6-5-19-12-25-27-8-7-24-26(28(27,23(19)13-21)9-11-30(25)16-18-3-4-18)20(14-27)17-31(24)35(33,34)22-2-1-10-29-15-22/h1-2,5-6,10,13,15,18,20,24-26,32H,3-4,7-9,11-12,14,16-17H2/t20-,24?,25?,26?,27?,28?/m1/s1. The number of piperidine rings is 1. The van der Waals surface area contributed by atoms with Gasteiger partial charge in [0.15, 0.2) is 0 Å². The Labute approximate surface area is 207 Å². The fourth-order valence-corrected chi connectivity index (χ4v) is 11.5. The Balaban J connectivity index is 1.27. The van der Waals surface area contributed by atoms with E-state index >= 15 is 0 Å². The molecule has 5 fully saturated rings. The smallest absolute Gasteiger partial charge is 0.244 e. The van der Waals surface area contributed by atoms with Gasteiger partial charge in [0.25, 0.3) is 0 Å². The zero-order chi connectivity index (χ0) is 23.6. The average Bonchev–Trinajstić information content (AvgIpc) is 3.54. The number of sulfonamides is 1. The largest absolute Gasteiger partial charge is 0.508 e. The number of pyridine rings is 1. The third kappa shape index (κ3) is 2.57. The van der Waals surface area contributed by atoms with E-state index in [1.165, 1.54) is 36.7 Å². The van der Waals surface area contributed by atoms with E-state index in [2.05, 4.69) is 22.0 Å².